The fourth-order valence-electron chi connectivity index (χ4n) is 4.37. The van der Waals surface area contributed by atoms with Crippen molar-refractivity contribution in [1.29, 1.82) is 0 Å². The second kappa shape index (κ2) is 7.83. The Balaban J connectivity index is 2.02. The van der Waals surface area contributed by atoms with E-state index in [0.717, 1.165) is 12.8 Å². The van der Waals surface area contributed by atoms with Gasteiger partial charge in [-0.15, -0.1) is 0 Å². The van der Waals surface area contributed by atoms with E-state index in [1.54, 1.807) is 0 Å². The van der Waals surface area contributed by atoms with Crippen molar-refractivity contribution in [1.82, 2.24) is 0 Å². The van der Waals surface area contributed by atoms with Crippen LogP contribution >= 0.6 is 0 Å². The molecule has 0 aliphatic rings. The Hall–Kier alpha value is -2.93. The number of benzene rings is 3. The summed E-state index contributed by atoms with van der Waals surface area (Å²) < 4.78 is 2.35. The quantitative estimate of drug-likeness (QED) is 0.345. The molecule has 0 fully saturated rings. The lowest BCUT2D eigenvalue weighted by atomic mass is 9.91. The van der Waals surface area contributed by atoms with Gasteiger partial charge in [-0.2, -0.15) is 4.57 Å². The summed E-state index contributed by atoms with van der Waals surface area (Å²) in [6.07, 6.45) is 2.13. The van der Waals surface area contributed by atoms with Crippen LogP contribution in [0.3, 0.4) is 0 Å². The first-order valence-electron chi connectivity index (χ1n) is 10.6. The number of hydrogen-bond acceptors (Lipinski definition) is 0. The van der Waals surface area contributed by atoms with E-state index in [-0.39, 0.29) is 0 Å². The highest BCUT2D eigenvalue weighted by Gasteiger charge is 2.21. The molecule has 0 amide bonds. The van der Waals surface area contributed by atoms with Crippen molar-refractivity contribution < 1.29 is 4.57 Å². The monoisotopic (exact) mass is 380 g/mol. The zero-order valence-corrected chi connectivity index (χ0v) is 18.2. The molecule has 0 aliphatic carbocycles. The number of aromatic nitrogens is 1. The van der Waals surface area contributed by atoms with Crippen LogP contribution in [0, 0.1) is 13.8 Å². The molecule has 1 aromatic heterocycles. The summed E-state index contributed by atoms with van der Waals surface area (Å²) in [6, 6.07) is 24.6. The molecule has 1 nitrogen and oxygen atoms in total. The fourth-order valence-corrected chi connectivity index (χ4v) is 4.37. The van der Waals surface area contributed by atoms with Gasteiger partial charge < -0.3 is 0 Å². The Morgan fingerprint density at radius 2 is 1.52 bits per heavy atom. The highest BCUT2D eigenvalue weighted by Crippen LogP contribution is 2.33. The Bertz CT molecular complexity index is 1190. The van der Waals surface area contributed by atoms with Gasteiger partial charge in [-0.25, -0.2) is 0 Å². The predicted molar refractivity (Wildman–Crippen MR) is 124 cm³/mol. The average Bonchev–Trinajstić information content (AvgIpc) is 2.75. The molecule has 0 atom stereocenters. The first kappa shape index (κ1) is 19.4. The molecule has 0 N–H and O–H groups in total. The SMILES string of the molecule is CCc1cc(CC)c(C)c(-c2c3ccc(-c4ccccc4)cc3cc(C)[n+]2C)c1. The van der Waals surface area contributed by atoms with E-state index < -0.39 is 0 Å². The standard InChI is InChI=1S/C28H30N/c1-6-21-16-22(7-2)20(4)27(17-21)28-26-14-13-24(23-11-9-8-10-12-23)18-25(26)15-19(3)29(28)5/h8-18H,6-7H2,1-5H3/q+1. The van der Waals surface area contributed by atoms with Crippen molar-refractivity contribution in [3.63, 3.8) is 0 Å². The summed E-state index contributed by atoms with van der Waals surface area (Å²) in [7, 11) is 2.19. The molecule has 1 heteroatoms. The minimum Gasteiger partial charge on any atom is -0.198 e. The van der Waals surface area contributed by atoms with Crippen LogP contribution in [0.1, 0.15) is 36.2 Å². The van der Waals surface area contributed by atoms with E-state index in [0.29, 0.717) is 0 Å². The van der Waals surface area contributed by atoms with Crippen molar-refractivity contribution >= 4 is 10.8 Å². The lowest BCUT2D eigenvalue weighted by molar-refractivity contribution is -0.665. The summed E-state index contributed by atoms with van der Waals surface area (Å²) in [5.74, 6) is 0. The third-order valence-corrected chi connectivity index (χ3v) is 6.26. The molecular formula is C28H30N+. The second-order valence-corrected chi connectivity index (χ2v) is 8.00. The highest BCUT2D eigenvalue weighted by molar-refractivity contribution is 5.96. The summed E-state index contributed by atoms with van der Waals surface area (Å²) in [5, 5.41) is 2.62. The Labute approximate surface area is 174 Å². The molecule has 0 radical (unpaired) electrons. The van der Waals surface area contributed by atoms with Crippen LogP contribution in [0.5, 0.6) is 0 Å². The van der Waals surface area contributed by atoms with E-state index in [4.69, 9.17) is 0 Å². The third-order valence-electron chi connectivity index (χ3n) is 6.26. The van der Waals surface area contributed by atoms with Gasteiger partial charge in [0.1, 0.15) is 7.05 Å². The largest absolute Gasteiger partial charge is 0.220 e. The van der Waals surface area contributed by atoms with Crippen LogP contribution in [0.15, 0.2) is 66.7 Å². The van der Waals surface area contributed by atoms with Gasteiger partial charge in [0.25, 0.3) is 0 Å². The zero-order valence-electron chi connectivity index (χ0n) is 18.2. The van der Waals surface area contributed by atoms with Gasteiger partial charge in [-0.1, -0.05) is 56.3 Å². The molecule has 4 rings (SSSR count). The topological polar surface area (TPSA) is 3.88 Å². The summed E-state index contributed by atoms with van der Waals surface area (Å²) in [4.78, 5) is 0. The lowest BCUT2D eigenvalue weighted by Crippen LogP contribution is -2.35. The second-order valence-electron chi connectivity index (χ2n) is 8.00. The van der Waals surface area contributed by atoms with Crippen molar-refractivity contribution in [2.24, 2.45) is 7.05 Å². The molecule has 3 aromatic carbocycles. The molecular weight excluding hydrogens is 350 g/mol. The zero-order chi connectivity index (χ0) is 20.5. The smallest absolute Gasteiger partial charge is 0.198 e. The molecule has 0 spiro atoms. The van der Waals surface area contributed by atoms with Gasteiger partial charge in [0, 0.05) is 13.0 Å². The number of nitrogens with zero attached hydrogens (tertiary/aromatic N) is 1. The van der Waals surface area contributed by atoms with Crippen molar-refractivity contribution in [2.45, 2.75) is 40.5 Å². The first-order valence-corrected chi connectivity index (χ1v) is 10.6. The summed E-state index contributed by atoms with van der Waals surface area (Å²) in [5.41, 5.74) is 10.8. The number of fused-ring (bicyclic) bond motifs is 1. The van der Waals surface area contributed by atoms with E-state index in [1.165, 1.54) is 55.5 Å². The summed E-state index contributed by atoms with van der Waals surface area (Å²) >= 11 is 0. The normalized spacial score (nSPS) is 11.2. The van der Waals surface area contributed by atoms with E-state index in [9.17, 15) is 0 Å². The highest BCUT2D eigenvalue weighted by atomic mass is 14.9. The Morgan fingerprint density at radius 3 is 2.21 bits per heavy atom. The molecule has 4 aromatic rings. The Kier molecular flexibility index (Phi) is 5.24. The molecule has 0 bridgehead atoms. The van der Waals surface area contributed by atoms with Crippen LogP contribution in [0.25, 0.3) is 33.2 Å². The van der Waals surface area contributed by atoms with E-state index in [2.05, 4.69) is 106 Å². The van der Waals surface area contributed by atoms with E-state index >= 15 is 0 Å². The maximum atomic E-state index is 2.40. The Morgan fingerprint density at radius 1 is 0.759 bits per heavy atom. The summed E-state index contributed by atoms with van der Waals surface area (Å²) in [6.45, 7) is 8.98. The molecule has 29 heavy (non-hydrogen) atoms. The number of aryl methyl sites for hydroxylation is 3. The van der Waals surface area contributed by atoms with Crippen molar-refractivity contribution in [3.05, 3.63) is 89.1 Å². The molecule has 146 valence electrons. The maximum absolute atomic E-state index is 2.40. The minimum atomic E-state index is 1.06. The average molecular weight is 381 g/mol. The van der Waals surface area contributed by atoms with Gasteiger partial charge in [-0.3, -0.25) is 0 Å². The molecule has 0 saturated carbocycles. The molecule has 0 unspecified atom stereocenters. The van der Waals surface area contributed by atoms with Crippen LogP contribution in [-0.4, -0.2) is 0 Å². The van der Waals surface area contributed by atoms with Gasteiger partial charge in [0.05, 0.1) is 10.9 Å². The maximum Gasteiger partial charge on any atom is 0.220 e. The van der Waals surface area contributed by atoms with Gasteiger partial charge in [0.15, 0.2) is 5.69 Å². The predicted octanol–water partition coefficient (Wildman–Crippen LogP) is 6.74. The molecule has 0 aliphatic heterocycles. The van der Waals surface area contributed by atoms with Gasteiger partial charge >= 0.3 is 0 Å². The first-order chi connectivity index (χ1) is 14.0. The lowest BCUT2D eigenvalue weighted by Gasteiger charge is -2.15. The van der Waals surface area contributed by atoms with Crippen LogP contribution in [0.2, 0.25) is 0 Å². The van der Waals surface area contributed by atoms with Crippen LogP contribution in [-0.2, 0) is 19.9 Å². The molecule has 0 saturated heterocycles. The van der Waals surface area contributed by atoms with Crippen molar-refractivity contribution in [3.8, 4) is 22.4 Å². The molecule has 1 heterocycles. The van der Waals surface area contributed by atoms with Crippen LogP contribution in [0.4, 0.5) is 0 Å². The van der Waals surface area contributed by atoms with Gasteiger partial charge in [0.2, 0.25) is 5.69 Å². The van der Waals surface area contributed by atoms with Crippen molar-refractivity contribution in [2.75, 3.05) is 0 Å². The number of hydrogen-bond donors (Lipinski definition) is 0. The fraction of sp³-hybridized carbons (Fsp3) is 0.250. The third kappa shape index (κ3) is 3.46. The number of rotatable bonds is 4. The number of pyridine rings is 1. The van der Waals surface area contributed by atoms with Gasteiger partial charge in [-0.05, 0) is 71.2 Å². The van der Waals surface area contributed by atoms with Crippen LogP contribution < -0.4 is 4.57 Å². The minimum absolute atomic E-state index is 1.06. The van der Waals surface area contributed by atoms with E-state index in [1.807, 2.05) is 0 Å².